The average Bonchev–Trinajstić information content (AvgIpc) is 2.85. The standard InChI is InChI=1S/C31H55N/c1-3-5-7-8-9-11-26-12-14-27(15-13-26)28-16-18-29(19-17-28)30-20-23-31(25-32,24-21-30)22-10-6-4-2/h26-30H,3-24H2,1-2H3. The Morgan fingerprint density at radius 2 is 1.06 bits per heavy atom. The minimum Gasteiger partial charge on any atom is -0.198 e. The quantitative estimate of drug-likeness (QED) is 0.276. The molecule has 0 atom stereocenters. The van der Waals surface area contributed by atoms with E-state index in [2.05, 4.69) is 19.9 Å². The molecule has 0 aromatic rings. The van der Waals surface area contributed by atoms with Gasteiger partial charge in [0.05, 0.1) is 11.5 Å². The number of unbranched alkanes of at least 4 members (excludes halogenated alkanes) is 6. The molecule has 0 amide bonds. The van der Waals surface area contributed by atoms with Crippen LogP contribution in [0.15, 0.2) is 0 Å². The van der Waals surface area contributed by atoms with Crippen LogP contribution in [0.1, 0.15) is 155 Å². The van der Waals surface area contributed by atoms with Gasteiger partial charge >= 0.3 is 0 Å². The first-order valence-electron chi connectivity index (χ1n) is 15.1. The Bertz CT molecular complexity index is 521. The van der Waals surface area contributed by atoms with E-state index in [9.17, 15) is 5.26 Å². The van der Waals surface area contributed by atoms with Gasteiger partial charge < -0.3 is 0 Å². The third-order valence-corrected chi connectivity index (χ3v) is 10.2. The molecule has 32 heavy (non-hydrogen) atoms. The highest BCUT2D eigenvalue weighted by atomic mass is 14.5. The molecule has 3 aliphatic rings. The smallest absolute Gasteiger partial charge is 0.0689 e. The van der Waals surface area contributed by atoms with Crippen LogP contribution in [0.4, 0.5) is 0 Å². The molecular weight excluding hydrogens is 386 g/mol. The molecule has 3 rings (SSSR count). The Hall–Kier alpha value is -0.510. The Balaban J connectivity index is 1.31. The maximum atomic E-state index is 9.87. The van der Waals surface area contributed by atoms with Gasteiger partial charge in [-0.3, -0.25) is 0 Å². The molecule has 0 bridgehead atoms. The van der Waals surface area contributed by atoms with E-state index >= 15 is 0 Å². The molecule has 1 nitrogen and oxygen atoms in total. The zero-order valence-corrected chi connectivity index (χ0v) is 21.9. The van der Waals surface area contributed by atoms with Crippen LogP contribution in [0.5, 0.6) is 0 Å². The molecule has 1 heteroatoms. The summed E-state index contributed by atoms with van der Waals surface area (Å²) in [6.07, 6.45) is 31.1. The van der Waals surface area contributed by atoms with Crippen molar-refractivity contribution in [1.29, 1.82) is 5.26 Å². The van der Waals surface area contributed by atoms with Crippen LogP contribution in [0.3, 0.4) is 0 Å². The fourth-order valence-electron chi connectivity index (χ4n) is 7.87. The summed E-state index contributed by atoms with van der Waals surface area (Å²) in [6.45, 7) is 4.59. The van der Waals surface area contributed by atoms with E-state index in [0.29, 0.717) is 0 Å². The number of hydrogen-bond acceptors (Lipinski definition) is 1. The van der Waals surface area contributed by atoms with Gasteiger partial charge in [-0.1, -0.05) is 84.5 Å². The van der Waals surface area contributed by atoms with E-state index < -0.39 is 0 Å². The van der Waals surface area contributed by atoms with E-state index in [1.54, 1.807) is 12.8 Å². The molecule has 3 fully saturated rings. The van der Waals surface area contributed by atoms with Crippen LogP contribution in [0.25, 0.3) is 0 Å². The fraction of sp³-hybridized carbons (Fsp3) is 0.968. The Kier molecular flexibility index (Phi) is 11.4. The van der Waals surface area contributed by atoms with E-state index in [-0.39, 0.29) is 5.41 Å². The second-order valence-corrected chi connectivity index (χ2v) is 12.3. The van der Waals surface area contributed by atoms with Gasteiger partial charge in [-0.25, -0.2) is 0 Å². The summed E-state index contributed by atoms with van der Waals surface area (Å²) in [6, 6.07) is 2.77. The first kappa shape index (κ1) is 26.1. The van der Waals surface area contributed by atoms with Gasteiger partial charge in [0.25, 0.3) is 0 Å². The second kappa shape index (κ2) is 14.0. The molecule has 0 aliphatic heterocycles. The fourth-order valence-corrected chi connectivity index (χ4v) is 7.87. The Labute approximate surface area is 201 Å². The van der Waals surface area contributed by atoms with Crippen molar-refractivity contribution in [1.82, 2.24) is 0 Å². The molecule has 3 saturated carbocycles. The lowest BCUT2D eigenvalue weighted by Crippen LogP contribution is -2.32. The lowest BCUT2D eigenvalue weighted by atomic mass is 9.62. The van der Waals surface area contributed by atoms with Crippen molar-refractivity contribution in [3.05, 3.63) is 0 Å². The number of rotatable bonds is 12. The molecule has 0 spiro atoms. The zero-order valence-electron chi connectivity index (χ0n) is 21.9. The summed E-state index contributed by atoms with van der Waals surface area (Å²) in [4.78, 5) is 0. The third kappa shape index (κ3) is 7.77. The largest absolute Gasteiger partial charge is 0.198 e. The van der Waals surface area contributed by atoms with E-state index in [1.807, 2.05) is 0 Å². The first-order chi connectivity index (χ1) is 15.7. The maximum absolute atomic E-state index is 9.87. The molecule has 0 heterocycles. The summed E-state index contributed by atoms with van der Waals surface area (Å²) >= 11 is 0. The van der Waals surface area contributed by atoms with E-state index in [0.717, 1.165) is 36.0 Å². The van der Waals surface area contributed by atoms with Gasteiger partial charge in [0.2, 0.25) is 0 Å². The van der Waals surface area contributed by atoms with Gasteiger partial charge in [-0.15, -0.1) is 0 Å². The number of nitriles is 1. The van der Waals surface area contributed by atoms with Crippen LogP contribution in [0.2, 0.25) is 0 Å². The summed E-state index contributed by atoms with van der Waals surface area (Å²) in [5.74, 6) is 5.09. The molecule has 0 N–H and O–H groups in total. The van der Waals surface area contributed by atoms with Crippen LogP contribution in [-0.4, -0.2) is 0 Å². The van der Waals surface area contributed by atoms with Crippen molar-refractivity contribution >= 4 is 0 Å². The van der Waals surface area contributed by atoms with Gasteiger partial charge in [0.1, 0.15) is 0 Å². The third-order valence-electron chi connectivity index (χ3n) is 10.2. The predicted molar refractivity (Wildman–Crippen MR) is 138 cm³/mol. The monoisotopic (exact) mass is 441 g/mol. The Morgan fingerprint density at radius 3 is 1.59 bits per heavy atom. The topological polar surface area (TPSA) is 23.8 Å². The molecule has 0 unspecified atom stereocenters. The van der Waals surface area contributed by atoms with Crippen molar-refractivity contribution in [2.75, 3.05) is 0 Å². The van der Waals surface area contributed by atoms with Crippen LogP contribution in [0, 0.1) is 46.3 Å². The molecule has 0 aromatic heterocycles. The van der Waals surface area contributed by atoms with Crippen molar-refractivity contribution in [3.63, 3.8) is 0 Å². The predicted octanol–water partition coefficient (Wildman–Crippen LogP) is 10.2. The summed E-state index contributed by atoms with van der Waals surface area (Å²) in [5.41, 5.74) is 0.0392. The summed E-state index contributed by atoms with van der Waals surface area (Å²) < 4.78 is 0. The molecule has 0 aromatic carbocycles. The zero-order chi connectivity index (χ0) is 22.7. The van der Waals surface area contributed by atoms with Crippen LogP contribution < -0.4 is 0 Å². The first-order valence-corrected chi connectivity index (χ1v) is 15.1. The molecular formula is C31H55N. The van der Waals surface area contributed by atoms with Crippen molar-refractivity contribution < 1.29 is 0 Å². The summed E-state index contributed by atoms with van der Waals surface area (Å²) in [7, 11) is 0. The number of nitrogens with zero attached hydrogens (tertiary/aromatic N) is 1. The van der Waals surface area contributed by atoms with Crippen molar-refractivity contribution in [3.8, 4) is 6.07 Å². The van der Waals surface area contributed by atoms with Gasteiger partial charge in [-0.2, -0.15) is 5.26 Å². The Morgan fingerprint density at radius 1 is 0.594 bits per heavy atom. The highest BCUT2D eigenvalue weighted by molar-refractivity contribution is 5.02. The van der Waals surface area contributed by atoms with Crippen LogP contribution >= 0.6 is 0 Å². The van der Waals surface area contributed by atoms with E-state index in [4.69, 9.17) is 0 Å². The number of hydrogen-bond donors (Lipinski definition) is 0. The van der Waals surface area contributed by atoms with E-state index in [1.165, 1.54) is 122 Å². The highest BCUT2D eigenvalue weighted by Crippen LogP contribution is 2.49. The summed E-state index contributed by atoms with van der Waals surface area (Å²) in [5, 5.41) is 9.87. The molecule has 184 valence electrons. The van der Waals surface area contributed by atoms with Crippen molar-refractivity contribution in [2.24, 2.45) is 35.0 Å². The minimum absolute atomic E-state index is 0.0392. The van der Waals surface area contributed by atoms with Gasteiger partial charge in [-0.05, 0) is 100 Å². The van der Waals surface area contributed by atoms with Crippen LogP contribution in [-0.2, 0) is 0 Å². The highest BCUT2D eigenvalue weighted by Gasteiger charge is 2.39. The minimum atomic E-state index is 0.0392. The normalized spacial score (nSPS) is 36.0. The van der Waals surface area contributed by atoms with Crippen molar-refractivity contribution in [2.45, 2.75) is 155 Å². The lowest BCUT2D eigenvalue weighted by molar-refractivity contribution is 0.0897. The molecule has 3 aliphatic carbocycles. The van der Waals surface area contributed by atoms with Gasteiger partial charge in [0, 0.05) is 0 Å². The molecule has 0 saturated heterocycles. The molecule has 0 radical (unpaired) electrons. The average molecular weight is 442 g/mol. The SMILES string of the molecule is CCCCCCCC1CCC(C2CCC(C3CCC(C#N)(CCCCC)CC3)CC2)CC1. The maximum Gasteiger partial charge on any atom is 0.0689 e. The second-order valence-electron chi connectivity index (χ2n) is 12.3. The van der Waals surface area contributed by atoms with Gasteiger partial charge in [0.15, 0.2) is 0 Å². The lowest BCUT2D eigenvalue weighted by Gasteiger charge is -2.43.